The number of aromatic amines is 1. The number of esters is 1. The lowest BCUT2D eigenvalue weighted by atomic mass is 10.2. The SMILES string of the molecule is COC(=O)c1cccc(S(=O)(=O)Nc2n[nH]c(C)c2C)c1. The summed E-state index contributed by atoms with van der Waals surface area (Å²) >= 11 is 0. The molecule has 0 aliphatic carbocycles. The van der Waals surface area contributed by atoms with Gasteiger partial charge in [0.05, 0.1) is 17.6 Å². The zero-order valence-corrected chi connectivity index (χ0v) is 12.6. The Hall–Kier alpha value is -2.35. The minimum absolute atomic E-state index is 0.0366. The van der Waals surface area contributed by atoms with E-state index in [-0.39, 0.29) is 16.3 Å². The number of nitrogens with zero attached hydrogens (tertiary/aromatic N) is 1. The Morgan fingerprint density at radius 3 is 2.62 bits per heavy atom. The number of ether oxygens (including phenoxy) is 1. The molecule has 7 nitrogen and oxygen atoms in total. The van der Waals surface area contributed by atoms with Crippen molar-refractivity contribution in [3.8, 4) is 0 Å². The number of nitrogens with one attached hydrogen (secondary N) is 2. The van der Waals surface area contributed by atoms with E-state index in [1.165, 1.54) is 31.4 Å². The second kappa shape index (κ2) is 5.57. The number of hydrogen-bond donors (Lipinski definition) is 2. The topological polar surface area (TPSA) is 101 Å². The van der Waals surface area contributed by atoms with Crippen molar-refractivity contribution in [3.63, 3.8) is 0 Å². The number of hydrogen-bond acceptors (Lipinski definition) is 5. The standard InChI is InChI=1S/C13H15N3O4S/c1-8-9(2)14-15-12(8)16-21(18,19)11-6-4-5-10(7-11)13(17)20-3/h4-7H,1-3H3,(H2,14,15,16). The lowest BCUT2D eigenvalue weighted by molar-refractivity contribution is 0.0600. The normalized spacial score (nSPS) is 11.2. The molecule has 112 valence electrons. The van der Waals surface area contributed by atoms with Crippen molar-refractivity contribution in [2.75, 3.05) is 11.8 Å². The highest BCUT2D eigenvalue weighted by molar-refractivity contribution is 7.92. The molecular formula is C13H15N3O4S. The third-order valence-corrected chi connectivity index (χ3v) is 4.39. The zero-order valence-electron chi connectivity index (χ0n) is 11.8. The second-order valence-corrected chi connectivity index (χ2v) is 6.13. The zero-order chi connectivity index (χ0) is 15.6. The van der Waals surface area contributed by atoms with Crippen LogP contribution in [-0.2, 0) is 14.8 Å². The fourth-order valence-corrected chi connectivity index (χ4v) is 2.79. The van der Waals surface area contributed by atoms with Crippen molar-refractivity contribution in [1.82, 2.24) is 10.2 Å². The molecule has 0 aliphatic rings. The number of aromatic nitrogens is 2. The molecule has 0 aliphatic heterocycles. The summed E-state index contributed by atoms with van der Waals surface area (Å²) < 4.78 is 31.6. The summed E-state index contributed by atoms with van der Waals surface area (Å²) in [5, 5.41) is 6.59. The van der Waals surface area contributed by atoms with Gasteiger partial charge in [0.2, 0.25) is 0 Å². The summed E-state index contributed by atoms with van der Waals surface area (Å²) in [4.78, 5) is 11.4. The first-order valence-electron chi connectivity index (χ1n) is 6.08. The van der Waals surface area contributed by atoms with Crippen LogP contribution in [0.25, 0.3) is 0 Å². The Kier molecular flexibility index (Phi) is 3.99. The summed E-state index contributed by atoms with van der Waals surface area (Å²) in [5.74, 6) is -0.366. The highest BCUT2D eigenvalue weighted by Crippen LogP contribution is 2.20. The molecule has 0 radical (unpaired) electrons. The molecule has 1 aromatic heterocycles. The van der Waals surface area contributed by atoms with Crippen molar-refractivity contribution >= 4 is 21.8 Å². The Morgan fingerprint density at radius 1 is 1.33 bits per heavy atom. The van der Waals surface area contributed by atoms with E-state index in [9.17, 15) is 13.2 Å². The molecule has 0 saturated heterocycles. The monoisotopic (exact) mass is 309 g/mol. The van der Waals surface area contributed by atoms with Gasteiger partial charge in [-0.05, 0) is 32.0 Å². The van der Waals surface area contributed by atoms with Gasteiger partial charge in [0.25, 0.3) is 10.0 Å². The van der Waals surface area contributed by atoms with Crippen LogP contribution in [0, 0.1) is 13.8 Å². The molecule has 1 aromatic carbocycles. The van der Waals surface area contributed by atoms with Gasteiger partial charge in [0.15, 0.2) is 5.82 Å². The molecule has 0 amide bonds. The average Bonchev–Trinajstić information content (AvgIpc) is 2.78. The van der Waals surface area contributed by atoms with Gasteiger partial charge in [0.1, 0.15) is 0 Å². The number of sulfonamides is 1. The van der Waals surface area contributed by atoms with Gasteiger partial charge < -0.3 is 4.74 Å². The highest BCUT2D eigenvalue weighted by atomic mass is 32.2. The molecule has 1 heterocycles. The van der Waals surface area contributed by atoms with Crippen LogP contribution in [0.3, 0.4) is 0 Å². The molecule has 0 unspecified atom stereocenters. The van der Waals surface area contributed by atoms with Crippen molar-refractivity contribution in [3.05, 3.63) is 41.1 Å². The Labute approximate surface area is 122 Å². The molecule has 8 heteroatoms. The molecule has 0 spiro atoms. The van der Waals surface area contributed by atoms with E-state index in [2.05, 4.69) is 19.7 Å². The predicted octanol–water partition coefficient (Wildman–Crippen LogP) is 1.61. The van der Waals surface area contributed by atoms with Crippen molar-refractivity contribution < 1.29 is 17.9 Å². The predicted molar refractivity (Wildman–Crippen MR) is 76.7 cm³/mol. The van der Waals surface area contributed by atoms with Crippen molar-refractivity contribution in [1.29, 1.82) is 0 Å². The van der Waals surface area contributed by atoms with Gasteiger partial charge in [-0.3, -0.25) is 9.82 Å². The quantitative estimate of drug-likeness (QED) is 0.836. The molecule has 21 heavy (non-hydrogen) atoms. The average molecular weight is 309 g/mol. The molecule has 2 rings (SSSR count). The summed E-state index contributed by atoms with van der Waals surface area (Å²) in [6.45, 7) is 3.54. The number of anilines is 1. The summed E-state index contributed by atoms with van der Waals surface area (Å²) in [6.07, 6.45) is 0. The maximum Gasteiger partial charge on any atom is 0.337 e. The fourth-order valence-electron chi connectivity index (χ4n) is 1.68. The van der Waals surface area contributed by atoms with E-state index in [1.54, 1.807) is 13.8 Å². The molecular weight excluding hydrogens is 294 g/mol. The molecule has 0 bridgehead atoms. The van der Waals surface area contributed by atoms with Gasteiger partial charge in [-0.25, -0.2) is 13.2 Å². The number of H-pyrrole nitrogens is 1. The van der Waals surface area contributed by atoms with Crippen molar-refractivity contribution in [2.24, 2.45) is 0 Å². The summed E-state index contributed by atoms with van der Waals surface area (Å²) in [6, 6.07) is 5.60. The molecule has 2 aromatic rings. The lowest BCUT2D eigenvalue weighted by Crippen LogP contribution is -2.15. The third kappa shape index (κ3) is 3.05. The van der Waals surface area contributed by atoms with Crippen LogP contribution in [0.1, 0.15) is 21.6 Å². The van der Waals surface area contributed by atoms with Crippen LogP contribution in [0.15, 0.2) is 29.2 Å². The van der Waals surface area contributed by atoms with Crippen molar-refractivity contribution in [2.45, 2.75) is 18.7 Å². The molecule has 0 atom stereocenters. The van der Waals surface area contributed by atoms with Gasteiger partial charge >= 0.3 is 5.97 Å². The number of methoxy groups -OCH3 is 1. The van der Waals surface area contributed by atoms with Crippen LogP contribution >= 0.6 is 0 Å². The van der Waals surface area contributed by atoms with Crippen LogP contribution in [0.2, 0.25) is 0 Å². The third-order valence-electron chi connectivity index (χ3n) is 3.05. The first-order chi connectivity index (χ1) is 9.85. The highest BCUT2D eigenvalue weighted by Gasteiger charge is 2.19. The van der Waals surface area contributed by atoms with Gasteiger partial charge in [-0.2, -0.15) is 5.10 Å². The fraction of sp³-hybridized carbons (Fsp3) is 0.231. The number of rotatable bonds is 4. The van der Waals surface area contributed by atoms with E-state index in [0.717, 1.165) is 5.69 Å². The first kappa shape index (κ1) is 15.0. The lowest BCUT2D eigenvalue weighted by Gasteiger charge is -2.07. The Morgan fingerprint density at radius 2 is 2.05 bits per heavy atom. The van der Waals surface area contributed by atoms with Gasteiger partial charge in [-0.15, -0.1) is 0 Å². The molecule has 0 saturated carbocycles. The number of carbonyl (C=O) groups is 1. The van der Waals surface area contributed by atoms with Crippen LogP contribution < -0.4 is 4.72 Å². The van der Waals surface area contributed by atoms with Gasteiger partial charge in [0, 0.05) is 11.3 Å². The minimum Gasteiger partial charge on any atom is -0.465 e. The summed E-state index contributed by atoms with van der Waals surface area (Å²) in [5.41, 5.74) is 1.65. The van der Waals surface area contributed by atoms with Crippen LogP contribution in [0.5, 0.6) is 0 Å². The van der Waals surface area contributed by atoms with E-state index in [0.29, 0.717) is 5.56 Å². The van der Waals surface area contributed by atoms with Gasteiger partial charge in [-0.1, -0.05) is 6.07 Å². The molecule has 0 fully saturated rings. The Balaban J connectivity index is 2.36. The van der Waals surface area contributed by atoms with E-state index < -0.39 is 16.0 Å². The van der Waals surface area contributed by atoms with Crippen LogP contribution in [0.4, 0.5) is 5.82 Å². The summed E-state index contributed by atoms with van der Waals surface area (Å²) in [7, 11) is -2.59. The largest absolute Gasteiger partial charge is 0.465 e. The Bertz CT molecular complexity index is 780. The van der Waals surface area contributed by atoms with Crippen LogP contribution in [-0.4, -0.2) is 31.7 Å². The van der Waals surface area contributed by atoms with E-state index in [1.807, 2.05) is 0 Å². The molecule has 2 N–H and O–H groups in total. The maximum atomic E-state index is 12.3. The number of benzene rings is 1. The number of carbonyl (C=O) groups excluding carboxylic acids is 1. The maximum absolute atomic E-state index is 12.3. The van der Waals surface area contributed by atoms with E-state index in [4.69, 9.17) is 0 Å². The second-order valence-electron chi connectivity index (χ2n) is 4.45. The smallest absolute Gasteiger partial charge is 0.337 e. The minimum atomic E-state index is -3.83. The first-order valence-corrected chi connectivity index (χ1v) is 7.56. The van der Waals surface area contributed by atoms with E-state index >= 15 is 0 Å². The number of aryl methyl sites for hydroxylation is 1.